The molecule has 4 aromatic rings. The number of para-hydroxylation sites is 1. The van der Waals surface area contributed by atoms with Crippen LogP contribution >= 0.6 is 23.1 Å². The van der Waals surface area contributed by atoms with Crippen molar-refractivity contribution in [2.45, 2.75) is 37.8 Å². The minimum atomic E-state index is -0.203. The number of rotatable bonds is 5. The Bertz CT molecular complexity index is 1500. The minimum Gasteiger partial charge on any atom is -0.325 e. The van der Waals surface area contributed by atoms with Crippen molar-refractivity contribution in [3.63, 3.8) is 0 Å². The van der Waals surface area contributed by atoms with Crippen LogP contribution in [0.5, 0.6) is 0 Å². The molecule has 0 bridgehead atoms. The Morgan fingerprint density at radius 1 is 1.18 bits per heavy atom. The van der Waals surface area contributed by atoms with Crippen molar-refractivity contribution < 1.29 is 4.79 Å². The Morgan fingerprint density at radius 3 is 2.71 bits per heavy atom. The van der Waals surface area contributed by atoms with Crippen LogP contribution in [0.2, 0.25) is 0 Å². The predicted molar refractivity (Wildman–Crippen MR) is 137 cm³/mol. The fraction of sp³-hybridized carbons (Fsp3) is 0.231. The average Bonchev–Trinajstić information content (AvgIpc) is 3.23. The molecule has 8 heteroatoms. The molecule has 0 saturated heterocycles. The number of amides is 1. The molecule has 6 nitrogen and oxygen atoms in total. The Balaban J connectivity index is 1.51. The summed E-state index contributed by atoms with van der Waals surface area (Å²) in [5.74, 6) is -0.0968. The van der Waals surface area contributed by atoms with E-state index < -0.39 is 0 Å². The van der Waals surface area contributed by atoms with Crippen LogP contribution in [0.1, 0.15) is 34.4 Å². The number of thioether (sulfide) groups is 1. The number of nitriles is 1. The van der Waals surface area contributed by atoms with Gasteiger partial charge in [0.05, 0.1) is 28.5 Å². The zero-order valence-electron chi connectivity index (χ0n) is 18.6. The summed E-state index contributed by atoms with van der Waals surface area (Å²) in [7, 11) is 0. The molecule has 2 aromatic carbocycles. The van der Waals surface area contributed by atoms with Gasteiger partial charge in [-0.25, -0.2) is 4.98 Å². The molecule has 5 rings (SSSR count). The number of carbonyl (C=O) groups excluding carboxylic acids is 1. The van der Waals surface area contributed by atoms with Gasteiger partial charge in [-0.2, -0.15) is 5.26 Å². The van der Waals surface area contributed by atoms with E-state index in [9.17, 15) is 9.59 Å². The van der Waals surface area contributed by atoms with Crippen LogP contribution in [0.25, 0.3) is 15.9 Å². The molecule has 1 aliphatic carbocycles. The van der Waals surface area contributed by atoms with E-state index in [4.69, 9.17) is 10.2 Å². The highest BCUT2D eigenvalue weighted by molar-refractivity contribution is 7.99. The van der Waals surface area contributed by atoms with Crippen molar-refractivity contribution in [3.05, 3.63) is 80.5 Å². The zero-order chi connectivity index (χ0) is 23.7. The van der Waals surface area contributed by atoms with Gasteiger partial charge in [0.1, 0.15) is 4.83 Å². The van der Waals surface area contributed by atoms with Crippen molar-refractivity contribution >= 4 is 44.9 Å². The van der Waals surface area contributed by atoms with Crippen molar-refractivity contribution in [2.24, 2.45) is 0 Å². The highest BCUT2D eigenvalue weighted by atomic mass is 32.2. The molecule has 170 valence electrons. The molecule has 0 atom stereocenters. The molecule has 1 amide bonds. The van der Waals surface area contributed by atoms with Crippen LogP contribution in [0.3, 0.4) is 0 Å². The molecular formula is C26H22N4O2S2. The third kappa shape index (κ3) is 4.25. The summed E-state index contributed by atoms with van der Waals surface area (Å²) in [6.07, 6.45) is 4.15. The van der Waals surface area contributed by atoms with Gasteiger partial charge in [-0.3, -0.25) is 14.2 Å². The van der Waals surface area contributed by atoms with Gasteiger partial charge >= 0.3 is 0 Å². The molecule has 0 unspecified atom stereocenters. The Kier molecular flexibility index (Phi) is 6.22. The summed E-state index contributed by atoms with van der Waals surface area (Å²) < 4.78 is 1.67. The number of nitrogens with zero attached hydrogens (tertiary/aromatic N) is 3. The lowest BCUT2D eigenvalue weighted by atomic mass is 9.97. The fourth-order valence-corrected chi connectivity index (χ4v) is 6.37. The van der Waals surface area contributed by atoms with Gasteiger partial charge in [0.2, 0.25) is 5.91 Å². The van der Waals surface area contributed by atoms with Gasteiger partial charge in [-0.1, -0.05) is 30.0 Å². The van der Waals surface area contributed by atoms with Gasteiger partial charge in [0, 0.05) is 10.6 Å². The first-order chi connectivity index (χ1) is 16.5. The van der Waals surface area contributed by atoms with Gasteiger partial charge < -0.3 is 5.32 Å². The molecule has 0 fully saturated rings. The van der Waals surface area contributed by atoms with Crippen molar-refractivity contribution in [1.82, 2.24) is 9.55 Å². The van der Waals surface area contributed by atoms with E-state index in [1.54, 1.807) is 40.2 Å². The number of nitrogens with one attached hydrogen (secondary N) is 1. The number of fused-ring (bicyclic) bond motifs is 3. The van der Waals surface area contributed by atoms with Crippen LogP contribution in [0.4, 0.5) is 5.69 Å². The quantitative estimate of drug-likeness (QED) is 0.308. The number of hydrogen-bond donors (Lipinski definition) is 1. The number of hydrogen-bond acceptors (Lipinski definition) is 6. The monoisotopic (exact) mass is 486 g/mol. The second-order valence-electron chi connectivity index (χ2n) is 8.24. The Morgan fingerprint density at radius 2 is 1.94 bits per heavy atom. The molecule has 0 aliphatic heterocycles. The summed E-state index contributed by atoms with van der Waals surface area (Å²) in [5, 5.41) is 13.0. The van der Waals surface area contributed by atoms with Gasteiger partial charge in [-0.15, -0.1) is 11.3 Å². The molecule has 2 heterocycles. The molecule has 1 N–H and O–H groups in total. The number of aromatic nitrogens is 2. The Hall–Kier alpha value is -3.41. The van der Waals surface area contributed by atoms with Crippen LogP contribution in [-0.4, -0.2) is 21.2 Å². The van der Waals surface area contributed by atoms with Gasteiger partial charge in [0.15, 0.2) is 5.16 Å². The SMILES string of the molecule is Cc1ccccc1-n1c(SCC(=O)Nc2ccc(C#N)cc2)nc2sc3c(c2c1=O)CCCC3. The predicted octanol–water partition coefficient (Wildman–Crippen LogP) is 5.24. The first-order valence-electron chi connectivity index (χ1n) is 11.1. The molecule has 0 spiro atoms. The first kappa shape index (κ1) is 22.4. The smallest absolute Gasteiger partial charge is 0.267 e. The van der Waals surface area contributed by atoms with E-state index in [2.05, 4.69) is 11.4 Å². The molecule has 1 aliphatic rings. The Labute approximate surface area is 205 Å². The summed E-state index contributed by atoms with van der Waals surface area (Å²) in [6.45, 7) is 1.97. The maximum Gasteiger partial charge on any atom is 0.267 e. The molecule has 0 saturated carbocycles. The summed E-state index contributed by atoms with van der Waals surface area (Å²) in [4.78, 5) is 33.4. The van der Waals surface area contributed by atoms with E-state index in [0.29, 0.717) is 16.4 Å². The molecular weight excluding hydrogens is 464 g/mol. The number of benzene rings is 2. The lowest BCUT2D eigenvalue weighted by molar-refractivity contribution is -0.113. The van der Waals surface area contributed by atoms with E-state index >= 15 is 0 Å². The van der Waals surface area contributed by atoms with E-state index in [0.717, 1.165) is 52.7 Å². The highest BCUT2D eigenvalue weighted by Gasteiger charge is 2.23. The lowest BCUT2D eigenvalue weighted by Gasteiger charge is -2.15. The van der Waals surface area contributed by atoms with Crippen LogP contribution in [0, 0.1) is 18.3 Å². The fourth-order valence-electron chi connectivity index (χ4n) is 4.27. The number of aryl methyl sites for hydroxylation is 3. The van der Waals surface area contributed by atoms with Gasteiger partial charge in [0.25, 0.3) is 5.56 Å². The van der Waals surface area contributed by atoms with Crippen LogP contribution in [0.15, 0.2) is 58.5 Å². The number of thiophene rings is 1. The largest absolute Gasteiger partial charge is 0.325 e. The van der Waals surface area contributed by atoms with E-state index in [1.165, 1.54) is 16.6 Å². The zero-order valence-corrected chi connectivity index (χ0v) is 20.3. The average molecular weight is 487 g/mol. The summed E-state index contributed by atoms with van der Waals surface area (Å²) in [6, 6.07) is 16.5. The summed E-state index contributed by atoms with van der Waals surface area (Å²) in [5.41, 5.74) is 4.00. The third-order valence-electron chi connectivity index (χ3n) is 5.94. The lowest BCUT2D eigenvalue weighted by Crippen LogP contribution is -2.24. The number of carbonyl (C=O) groups is 1. The molecule has 0 radical (unpaired) electrons. The normalized spacial score (nSPS) is 12.8. The van der Waals surface area contributed by atoms with Crippen molar-refractivity contribution in [1.29, 1.82) is 5.26 Å². The first-order valence-corrected chi connectivity index (χ1v) is 12.9. The molecule has 2 aromatic heterocycles. The van der Waals surface area contributed by atoms with Crippen LogP contribution < -0.4 is 10.9 Å². The number of anilines is 1. The third-order valence-corrected chi connectivity index (χ3v) is 8.07. The van der Waals surface area contributed by atoms with Crippen LogP contribution in [-0.2, 0) is 17.6 Å². The summed E-state index contributed by atoms with van der Waals surface area (Å²) >= 11 is 2.87. The van der Waals surface area contributed by atoms with Crippen molar-refractivity contribution in [2.75, 3.05) is 11.1 Å². The maximum atomic E-state index is 13.8. The van der Waals surface area contributed by atoms with E-state index in [1.807, 2.05) is 31.2 Å². The second-order valence-corrected chi connectivity index (χ2v) is 10.3. The second kappa shape index (κ2) is 9.45. The van der Waals surface area contributed by atoms with E-state index in [-0.39, 0.29) is 17.2 Å². The van der Waals surface area contributed by atoms with Crippen molar-refractivity contribution in [3.8, 4) is 11.8 Å². The van der Waals surface area contributed by atoms with Gasteiger partial charge in [-0.05, 0) is 74.1 Å². The highest BCUT2D eigenvalue weighted by Crippen LogP contribution is 2.35. The minimum absolute atomic E-state index is 0.0614. The maximum absolute atomic E-state index is 13.8. The topological polar surface area (TPSA) is 87.8 Å². The molecule has 34 heavy (non-hydrogen) atoms. The standard InChI is InChI=1S/C26H22N4O2S2/c1-16-6-2-4-8-20(16)30-25(32)23-19-7-3-5-9-21(19)34-24(23)29-26(30)33-15-22(31)28-18-12-10-17(14-27)11-13-18/h2,4,6,8,10-13H,3,5,7,9,15H2,1H3,(H,28,31).